The second-order valence-electron chi connectivity index (χ2n) is 5.64. The van der Waals surface area contributed by atoms with Gasteiger partial charge in [-0.1, -0.05) is 19.1 Å². The van der Waals surface area contributed by atoms with E-state index in [0.29, 0.717) is 6.42 Å². The average molecular weight is 273 g/mol. The van der Waals surface area contributed by atoms with Crippen molar-refractivity contribution in [1.29, 1.82) is 0 Å². The molecule has 1 heterocycles. The summed E-state index contributed by atoms with van der Waals surface area (Å²) in [5, 5.41) is 10.3. The molecule has 4 nitrogen and oxygen atoms in total. The van der Waals surface area contributed by atoms with E-state index in [9.17, 15) is 9.90 Å². The molecule has 1 aliphatic heterocycles. The van der Waals surface area contributed by atoms with Gasteiger partial charge in [0, 0.05) is 5.69 Å². The summed E-state index contributed by atoms with van der Waals surface area (Å²) >= 11 is 0. The van der Waals surface area contributed by atoms with Gasteiger partial charge in [0.15, 0.2) is 0 Å². The lowest BCUT2D eigenvalue weighted by atomic mass is 9.66. The number of hydrogen-bond acceptors (Lipinski definition) is 3. The minimum absolute atomic E-state index is 0.0765. The predicted octanol–water partition coefficient (Wildman–Crippen LogP) is 1.98. The van der Waals surface area contributed by atoms with Crippen LogP contribution in [0.25, 0.3) is 0 Å². The fourth-order valence-electron chi connectivity index (χ4n) is 3.32. The van der Waals surface area contributed by atoms with Gasteiger partial charge in [-0.15, -0.1) is 0 Å². The number of aliphatic hydroxyl groups is 1. The Labute approximate surface area is 118 Å². The number of anilines is 1. The van der Waals surface area contributed by atoms with Crippen molar-refractivity contribution in [2.75, 3.05) is 12.0 Å². The number of hydrogen-bond donors (Lipinski definition) is 1. The highest BCUT2D eigenvalue weighted by molar-refractivity contribution is 6.03. The van der Waals surface area contributed by atoms with E-state index in [1.807, 2.05) is 31.2 Å². The lowest BCUT2D eigenvalue weighted by Crippen LogP contribution is -2.69. The van der Waals surface area contributed by atoms with Gasteiger partial charge < -0.3 is 14.7 Å². The number of rotatable bonds is 2. The van der Waals surface area contributed by atoms with Crippen LogP contribution < -0.4 is 9.64 Å². The summed E-state index contributed by atoms with van der Waals surface area (Å²) in [6, 6.07) is 7.24. The summed E-state index contributed by atoms with van der Waals surface area (Å²) in [5.74, 6) is 0.843. The first-order valence-corrected chi connectivity index (χ1v) is 6.87. The zero-order valence-electron chi connectivity index (χ0n) is 11.7. The van der Waals surface area contributed by atoms with Gasteiger partial charge in [-0.2, -0.15) is 0 Å². The van der Waals surface area contributed by atoms with Crippen molar-refractivity contribution in [2.45, 2.75) is 25.5 Å². The summed E-state index contributed by atoms with van der Waals surface area (Å²) in [7, 11) is 1.61. The number of carbonyl (C=O) groups is 1. The van der Waals surface area contributed by atoms with E-state index < -0.39 is 6.10 Å². The Morgan fingerprint density at radius 3 is 2.60 bits per heavy atom. The van der Waals surface area contributed by atoms with Gasteiger partial charge in [-0.25, -0.2) is 0 Å². The standard InChI is InChI=1S/C16H19NO3/c1-9-8-13(18)15-14(10(9)2)16(19)17(15)11-4-6-12(20-3)7-5-11/h4-7,10,13-15,18H,1,8H2,2-3H3/t10-,13+,14+,15-/m0/s1. The van der Waals surface area contributed by atoms with Crippen LogP contribution in [0.1, 0.15) is 13.3 Å². The van der Waals surface area contributed by atoms with E-state index in [0.717, 1.165) is 17.0 Å². The minimum Gasteiger partial charge on any atom is -0.497 e. The number of benzene rings is 1. The van der Waals surface area contributed by atoms with Gasteiger partial charge in [-0.3, -0.25) is 4.79 Å². The topological polar surface area (TPSA) is 49.8 Å². The Morgan fingerprint density at radius 1 is 1.35 bits per heavy atom. The summed E-state index contributed by atoms with van der Waals surface area (Å²) in [6.45, 7) is 5.99. The quantitative estimate of drug-likeness (QED) is 0.662. The largest absolute Gasteiger partial charge is 0.497 e. The van der Waals surface area contributed by atoms with Crippen LogP contribution in [0.3, 0.4) is 0 Å². The summed E-state index contributed by atoms with van der Waals surface area (Å²) < 4.78 is 5.12. The average Bonchev–Trinajstić information content (AvgIpc) is 2.43. The van der Waals surface area contributed by atoms with Crippen LogP contribution >= 0.6 is 0 Å². The Morgan fingerprint density at radius 2 is 2.00 bits per heavy atom. The number of ether oxygens (including phenoxy) is 1. The van der Waals surface area contributed by atoms with Crippen molar-refractivity contribution < 1.29 is 14.6 Å². The maximum atomic E-state index is 12.4. The first-order valence-electron chi connectivity index (χ1n) is 6.87. The summed E-state index contributed by atoms with van der Waals surface area (Å²) in [5.41, 5.74) is 1.79. The molecular weight excluding hydrogens is 254 g/mol. The van der Waals surface area contributed by atoms with E-state index in [-0.39, 0.29) is 23.8 Å². The molecular formula is C16H19NO3. The summed E-state index contributed by atoms with van der Waals surface area (Å²) in [6.07, 6.45) is 0.0472. The Bertz CT molecular complexity index is 551. The second kappa shape index (κ2) is 4.63. The molecule has 2 aliphatic rings. The third-order valence-electron chi connectivity index (χ3n) is 4.59. The SMILES string of the molecule is C=C1C[C@@H](O)[C@H]2[C@H](C(=O)N2c2ccc(OC)cc2)[C@H]1C. The van der Waals surface area contributed by atoms with E-state index in [4.69, 9.17) is 4.74 Å². The molecule has 0 spiro atoms. The van der Waals surface area contributed by atoms with E-state index in [1.54, 1.807) is 12.0 Å². The normalized spacial score (nSPS) is 32.6. The van der Waals surface area contributed by atoms with Crippen molar-refractivity contribution in [3.63, 3.8) is 0 Å². The Kier molecular flexibility index (Phi) is 3.05. The fourth-order valence-corrected chi connectivity index (χ4v) is 3.32. The third-order valence-corrected chi connectivity index (χ3v) is 4.59. The molecule has 1 saturated carbocycles. The van der Waals surface area contributed by atoms with Crippen LogP contribution in [0, 0.1) is 11.8 Å². The van der Waals surface area contributed by atoms with Crippen LogP contribution in [0.2, 0.25) is 0 Å². The molecule has 1 aliphatic carbocycles. The van der Waals surface area contributed by atoms with Gasteiger partial charge in [0.25, 0.3) is 0 Å². The van der Waals surface area contributed by atoms with Gasteiger partial charge in [0.05, 0.1) is 25.2 Å². The lowest BCUT2D eigenvalue weighted by molar-refractivity contribution is -0.137. The van der Waals surface area contributed by atoms with E-state index in [2.05, 4.69) is 6.58 Å². The van der Waals surface area contributed by atoms with E-state index >= 15 is 0 Å². The number of β-lactam (4-membered cyclic amide) rings is 1. The highest BCUT2D eigenvalue weighted by Crippen LogP contribution is 2.46. The van der Waals surface area contributed by atoms with Crippen LogP contribution in [0.5, 0.6) is 5.75 Å². The van der Waals surface area contributed by atoms with Crippen molar-refractivity contribution in [3.8, 4) is 5.75 Å². The molecule has 3 rings (SSSR count). The summed E-state index contributed by atoms with van der Waals surface area (Å²) in [4.78, 5) is 14.1. The molecule has 1 aromatic carbocycles. The highest BCUT2D eigenvalue weighted by Gasteiger charge is 2.56. The second-order valence-corrected chi connectivity index (χ2v) is 5.64. The van der Waals surface area contributed by atoms with Crippen LogP contribution in [0.15, 0.2) is 36.4 Å². The zero-order chi connectivity index (χ0) is 14.4. The minimum atomic E-state index is -0.525. The van der Waals surface area contributed by atoms with Crippen molar-refractivity contribution in [2.24, 2.45) is 11.8 Å². The number of fused-ring (bicyclic) bond motifs is 1. The molecule has 1 aromatic rings. The zero-order valence-corrected chi connectivity index (χ0v) is 11.7. The van der Waals surface area contributed by atoms with Crippen LogP contribution in [-0.2, 0) is 4.79 Å². The van der Waals surface area contributed by atoms with Gasteiger partial charge in [0.2, 0.25) is 5.91 Å². The van der Waals surface area contributed by atoms with Crippen LogP contribution in [0.4, 0.5) is 5.69 Å². The molecule has 1 saturated heterocycles. The van der Waals surface area contributed by atoms with Crippen molar-refractivity contribution >= 4 is 11.6 Å². The first-order chi connectivity index (χ1) is 9.54. The number of methoxy groups -OCH3 is 1. The maximum Gasteiger partial charge on any atom is 0.233 e. The molecule has 1 N–H and O–H groups in total. The first kappa shape index (κ1) is 13.2. The Hall–Kier alpha value is -1.81. The molecule has 4 heteroatoms. The Balaban J connectivity index is 1.88. The predicted molar refractivity (Wildman–Crippen MR) is 76.7 cm³/mol. The lowest BCUT2D eigenvalue weighted by Gasteiger charge is -2.54. The molecule has 0 bridgehead atoms. The number of aliphatic hydroxyl groups excluding tert-OH is 1. The fraction of sp³-hybridized carbons (Fsp3) is 0.438. The molecule has 106 valence electrons. The number of amides is 1. The molecule has 0 unspecified atom stereocenters. The molecule has 4 atom stereocenters. The van der Waals surface area contributed by atoms with Gasteiger partial charge >= 0.3 is 0 Å². The monoisotopic (exact) mass is 273 g/mol. The highest BCUT2D eigenvalue weighted by atomic mass is 16.5. The smallest absolute Gasteiger partial charge is 0.233 e. The van der Waals surface area contributed by atoms with Crippen molar-refractivity contribution in [1.82, 2.24) is 0 Å². The van der Waals surface area contributed by atoms with Gasteiger partial charge in [-0.05, 0) is 36.6 Å². The molecule has 20 heavy (non-hydrogen) atoms. The molecule has 0 radical (unpaired) electrons. The number of nitrogens with zero attached hydrogens (tertiary/aromatic N) is 1. The van der Waals surface area contributed by atoms with Gasteiger partial charge in [0.1, 0.15) is 5.75 Å². The maximum absolute atomic E-state index is 12.4. The number of carbonyl (C=O) groups excluding carboxylic acids is 1. The molecule has 2 fully saturated rings. The molecule has 0 aromatic heterocycles. The van der Waals surface area contributed by atoms with E-state index in [1.165, 1.54) is 0 Å². The van der Waals surface area contributed by atoms with Crippen LogP contribution in [-0.4, -0.2) is 30.3 Å². The third kappa shape index (κ3) is 1.75. The van der Waals surface area contributed by atoms with Crippen molar-refractivity contribution in [3.05, 3.63) is 36.4 Å². The molecule has 1 amide bonds.